The highest BCUT2D eigenvalue weighted by atomic mass is 16.5. The van der Waals surface area contributed by atoms with Crippen LogP contribution in [0.15, 0.2) is 24.3 Å². The zero-order chi connectivity index (χ0) is 12.8. The van der Waals surface area contributed by atoms with Gasteiger partial charge in [-0.15, -0.1) is 0 Å². The van der Waals surface area contributed by atoms with E-state index < -0.39 is 0 Å². The topological polar surface area (TPSA) is 62.1 Å². The van der Waals surface area contributed by atoms with Crippen LogP contribution >= 0.6 is 0 Å². The van der Waals surface area contributed by atoms with Gasteiger partial charge in [-0.2, -0.15) is 5.26 Å². The van der Waals surface area contributed by atoms with Crippen molar-refractivity contribution in [3.63, 3.8) is 0 Å². The fraction of sp³-hybridized carbons (Fsp3) is 0.429. The number of carbonyl (C=O) groups is 1. The van der Waals surface area contributed by atoms with Crippen LogP contribution < -0.4 is 10.1 Å². The van der Waals surface area contributed by atoms with Crippen LogP contribution in [0, 0.1) is 11.3 Å². The molecule has 94 valence electrons. The first-order chi connectivity index (χ1) is 8.79. The summed E-state index contributed by atoms with van der Waals surface area (Å²) in [6.45, 7) is 0.0269. The summed E-state index contributed by atoms with van der Waals surface area (Å²) in [5.74, 6) is 0.572. The molecule has 1 aliphatic carbocycles. The number of nitrogens with zero attached hydrogens (tertiary/aromatic N) is 1. The van der Waals surface area contributed by atoms with Gasteiger partial charge in [0.2, 0.25) is 0 Å². The minimum absolute atomic E-state index is 0.0269. The van der Waals surface area contributed by atoms with E-state index in [-0.39, 0.29) is 12.5 Å². The van der Waals surface area contributed by atoms with Crippen molar-refractivity contribution in [1.82, 2.24) is 5.32 Å². The Hall–Kier alpha value is -2.02. The highest BCUT2D eigenvalue weighted by molar-refractivity contribution is 5.94. The summed E-state index contributed by atoms with van der Waals surface area (Å²) < 4.78 is 5.81. The van der Waals surface area contributed by atoms with E-state index in [9.17, 15) is 4.79 Å². The van der Waals surface area contributed by atoms with Gasteiger partial charge in [-0.3, -0.25) is 4.79 Å². The first kappa shape index (κ1) is 12.4. The molecule has 1 N–H and O–H groups in total. The molecule has 0 spiro atoms. The molecule has 18 heavy (non-hydrogen) atoms. The van der Waals surface area contributed by atoms with Crippen LogP contribution in [0.25, 0.3) is 0 Å². The van der Waals surface area contributed by atoms with Crippen LogP contribution in [-0.2, 0) is 0 Å². The lowest BCUT2D eigenvalue weighted by atomic mass is 10.2. The third-order valence-electron chi connectivity index (χ3n) is 3.05. The van der Waals surface area contributed by atoms with Crippen molar-refractivity contribution in [2.45, 2.75) is 31.8 Å². The molecule has 0 bridgehead atoms. The molecule has 1 amide bonds. The second-order valence-electron chi connectivity index (χ2n) is 4.39. The normalized spacial score (nSPS) is 15.1. The molecule has 1 aliphatic rings. The number of rotatable bonds is 4. The molecule has 1 saturated carbocycles. The Bertz CT molecular complexity index is 442. The molecule has 1 aromatic carbocycles. The van der Waals surface area contributed by atoms with E-state index in [0.29, 0.717) is 11.7 Å². The van der Waals surface area contributed by atoms with Crippen LogP contribution in [0.2, 0.25) is 0 Å². The Morgan fingerprint density at radius 2 is 2.00 bits per heavy atom. The first-order valence-electron chi connectivity index (χ1n) is 6.21. The highest BCUT2D eigenvalue weighted by Crippen LogP contribution is 2.24. The van der Waals surface area contributed by atoms with Gasteiger partial charge in [-0.25, -0.2) is 0 Å². The van der Waals surface area contributed by atoms with Gasteiger partial charge in [-0.05, 0) is 49.9 Å². The van der Waals surface area contributed by atoms with Crippen molar-refractivity contribution in [2.75, 3.05) is 6.54 Å². The predicted octanol–water partition coefficient (Wildman–Crippen LogP) is 2.26. The number of hydrogen-bond donors (Lipinski definition) is 1. The number of ether oxygens (including phenoxy) is 1. The molecule has 4 nitrogen and oxygen atoms in total. The lowest BCUT2D eigenvalue weighted by Gasteiger charge is -2.13. The molecular weight excluding hydrogens is 228 g/mol. The summed E-state index contributed by atoms with van der Waals surface area (Å²) in [6, 6.07) is 8.92. The monoisotopic (exact) mass is 244 g/mol. The molecule has 0 saturated heterocycles. The van der Waals surface area contributed by atoms with E-state index in [1.54, 1.807) is 24.3 Å². The molecule has 0 heterocycles. The molecule has 1 aromatic rings. The van der Waals surface area contributed by atoms with Crippen molar-refractivity contribution in [2.24, 2.45) is 0 Å². The van der Waals surface area contributed by atoms with E-state index in [4.69, 9.17) is 10.00 Å². The second kappa shape index (κ2) is 6.06. The summed E-state index contributed by atoms with van der Waals surface area (Å²) >= 11 is 0. The Balaban J connectivity index is 1.92. The Labute approximate surface area is 107 Å². The fourth-order valence-electron chi connectivity index (χ4n) is 2.11. The summed E-state index contributed by atoms with van der Waals surface area (Å²) in [7, 11) is 0. The Morgan fingerprint density at radius 1 is 1.33 bits per heavy atom. The number of amides is 1. The number of nitriles is 1. The average Bonchev–Trinajstić information content (AvgIpc) is 2.89. The Kier molecular flexibility index (Phi) is 4.19. The number of nitrogens with one attached hydrogen (secondary N) is 1. The van der Waals surface area contributed by atoms with Gasteiger partial charge < -0.3 is 10.1 Å². The van der Waals surface area contributed by atoms with E-state index >= 15 is 0 Å². The van der Waals surface area contributed by atoms with Crippen molar-refractivity contribution >= 4 is 5.91 Å². The van der Waals surface area contributed by atoms with Crippen LogP contribution in [-0.4, -0.2) is 18.6 Å². The average molecular weight is 244 g/mol. The zero-order valence-electron chi connectivity index (χ0n) is 10.2. The number of carbonyl (C=O) groups excluding carboxylic acids is 1. The standard InChI is InChI=1S/C14H16N2O2/c15-9-10-16-14(17)11-5-7-13(8-6-11)18-12-3-1-2-4-12/h5-8,12H,1-4,10H2,(H,16,17). The predicted molar refractivity (Wildman–Crippen MR) is 67.3 cm³/mol. The largest absolute Gasteiger partial charge is 0.490 e. The van der Waals surface area contributed by atoms with E-state index in [2.05, 4.69) is 5.32 Å². The van der Waals surface area contributed by atoms with Crippen molar-refractivity contribution in [1.29, 1.82) is 5.26 Å². The minimum Gasteiger partial charge on any atom is -0.490 e. The molecule has 4 heteroatoms. The van der Waals surface area contributed by atoms with Crippen molar-refractivity contribution in [3.8, 4) is 11.8 Å². The van der Waals surface area contributed by atoms with Gasteiger partial charge in [0, 0.05) is 5.56 Å². The second-order valence-corrected chi connectivity index (χ2v) is 4.39. The van der Waals surface area contributed by atoms with Gasteiger partial charge >= 0.3 is 0 Å². The summed E-state index contributed by atoms with van der Waals surface area (Å²) in [5.41, 5.74) is 0.545. The summed E-state index contributed by atoms with van der Waals surface area (Å²) in [5, 5.41) is 10.9. The summed E-state index contributed by atoms with van der Waals surface area (Å²) in [6.07, 6.45) is 5.02. The van der Waals surface area contributed by atoms with Crippen molar-refractivity contribution in [3.05, 3.63) is 29.8 Å². The lowest BCUT2D eigenvalue weighted by molar-refractivity contribution is 0.0958. The highest BCUT2D eigenvalue weighted by Gasteiger charge is 2.16. The first-order valence-corrected chi connectivity index (χ1v) is 6.21. The molecule has 1 fully saturated rings. The molecule has 0 aliphatic heterocycles. The van der Waals surface area contributed by atoms with Crippen LogP contribution in [0.4, 0.5) is 0 Å². The molecule has 0 atom stereocenters. The minimum atomic E-state index is -0.232. The van der Waals surface area contributed by atoms with Crippen LogP contribution in [0.1, 0.15) is 36.0 Å². The van der Waals surface area contributed by atoms with E-state index in [1.807, 2.05) is 6.07 Å². The fourth-order valence-corrected chi connectivity index (χ4v) is 2.11. The third-order valence-corrected chi connectivity index (χ3v) is 3.05. The smallest absolute Gasteiger partial charge is 0.252 e. The molecule has 0 radical (unpaired) electrons. The number of hydrogen-bond acceptors (Lipinski definition) is 3. The van der Waals surface area contributed by atoms with Crippen LogP contribution in [0.3, 0.4) is 0 Å². The van der Waals surface area contributed by atoms with Gasteiger partial charge in [0.05, 0.1) is 12.2 Å². The van der Waals surface area contributed by atoms with Crippen LogP contribution in [0.5, 0.6) is 5.75 Å². The van der Waals surface area contributed by atoms with Gasteiger partial charge in [-0.1, -0.05) is 0 Å². The van der Waals surface area contributed by atoms with Gasteiger partial charge in [0.25, 0.3) is 5.91 Å². The molecule has 2 rings (SSSR count). The molecule has 0 aromatic heterocycles. The molecular formula is C14H16N2O2. The van der Waals surface area contributed by atoms with E-state index in [1.165, 1.54) is 12.8 Å². The lowest BCUT2D eigenvalue weighted by Crippen LogP contribution is -2.23. The van der Waals surface area contributed by atoms with Gasteiger partial charge in [0.1, 0.15) is 12.3 Å². The third kappa shape index (κ3) is 3.24. The SMILES string of the molecule is N#CCNC(=O)c1ccc(OC2CCCC2)cc1. The van der Waals surface area contributed by atoms with Crippen molar-refractivity contribution < 1.29 is 9.53 Å². The van der Waals surface area contributed by atoms with E-state index in [0.717, 1.165) is 18.6 Å². The zero-order valence-corrected chi connectivity index (χ0v) is 10.2. The summed E-state index contributed by atoms with van der Waals surface area (Å²) in [4.78, 5) is 11.6. The molecule has 0 unspecified atom stereocenters. The maximum atomic E-state index is 11.6. The maximum absolute atomic E-state index is 11.6. The quantitative estimate of drug-likeness (QED) is 0.826. The van der Waals surface area contributed by atoms with Gasteiger partial charge in [0.15, 0.2) is 0 Å². The number of benzene rings is 1. The Morgan fingerprint density at radius 3 is 2.61 bits per heavy atom. The maximum Gasteiger partial charge on any atom is 0.252 e.